The normalized spacial score (nSPS) is 25.2. The van der Waals surface area contributed by atoms with Crippen LogP contribution in [0.1, 0.15) is 6.23 Å². The minimum atomic E-state index is -1.31. The lowest BCUT2D eigenvalue weighted by molar-refractivity contribution is -0.0549. The number of aliphatic hydroxyl groups is 3. The van der Waals surface area contributed by atoms with Gasteiger partial charge in [0.2, 0.25) is 0 Å². The lowest BCUT2D eigenvalue weighted by Crippen LogP contribution is -2.36. The van der Waals surface area contributed by atoms with E-state index in [4.69, 9.17) is 21.3 Å². The zero-order valence-corrected chi connectivity index (χ0v) is 12.9. The monoisotopic (exact) mass is 354 g/mol. The smallest absolute Gasteiger partial charge is 0.351 e. The highest BCUT2D eigenvalue weighted by Crippen LogP contribution is 2.27. The van der Waals surface area contributed by atoms with E-state index in [2.05, 4.69) is 15.0 Å². The second-order valence-corrected chi connectivity index (χ2v) is 5.10. The van der Waals surface area contributed by atoms with Crippen molar-refractivity contribution in [3.63, 3.8) is 0 Å². The molecule has 136 valence electrons. The Kier molecular flexibility index (Phi) is 5.82. The summed E-state index contributed by atoms with van der Waals surface area (Å²) in [5.74, 6) is 0.392. The summed E-state index contributed by atoms with van der Waals surface area (Å²) in [6.07, 6.45) is -1.91. The Labute approximate surface area is 140 Å². The number of nitrogens with two attached hydrogens (primary N) is 2. The number of nitrogen functional groups attached to an aromatic ring is 2. The third-order valence-corrected chi connectivity index (χ3v) is 3.34. The van der Waals surface area contributed by atoms with Gasteiger partial charge in [0.15, 0.2) is 6.23 Å². The van der Waals surface area contributed by atoms with Crippen LogP contribution in [0.2, 0.25) is 0 Å². The number of aromatic nitrogens is 4. The zero-order valence-electron chi connectivity index (χ0n) is 12.9. The van der Waals surface area contributed by atoms with Crippen molar-refractivity contribution in [2.24, 2.45) is 0 Å². The van der Waals surface area contributed by atoms with Crippen LogP contribution in [0.4, 0.5) is 11.6 Å². The van der Waals surface area contributed by atoms with Crippen molar-refractivity contribution in [1.82, 2.24) is 19.5 Å². The quantitative estimate of drug-likeness (QED) is 0.318. The van der Waals surface area contributed by atoms with E-state index in [0.29, 0.717) is 5.82 Å². The second-order valence-electron chi connectivity index (χ2n) is 5.10. The highest BCUT2D eigenvalue weighted by atomic mass is 16.6. The predicted molar refractivity (Wildman–Crippen MR) is 85.2 cm³/mol. The van der Waals surface area contributed by atoms with Crippen LogP contribution >= 0.6 is 0 Å². The first-order valence-corrected chi connectivity index (χ1v) is 7.11. The van der Waals surface area contributed by atoms with E-state index in [0.717, 1.165) is 4.57 Å². The molecular weight excluding hydrogens is 336 g/mol. The van der Waals surface area contributed by atoms with E-state index in [1.807, 2.05) is 0 Å². The summed E-state index contributed by atoms with van der Waals surface area (Å²) in [6.45, 7) is -0.453. The number of ether oxygens (including phenoxy) is 1. The molecule has 1 fully saturated rings. The number of nitrogens with zero attached hydrogens (tertiary/aromatic N) is 3. The lowest BCUT2D eigenvalue weighted by atomic mass is 10.1. The molecular formula is C13H18N6O6. The number of anilines is 2. The largest absolute Gasteiger partial charge is 0.394 e. The summed E-state index contributed by atoms with van der Waals surface area (Å²) < 4.78 is 6.19. The fourth-order valence-electron chi connectivity index (χ4n) is 2.11. The number of nitrogens with one attached hydrogen (secondary N) is 1. The molecule has 0 aromatic carbocycles. The molecule has 1 saturated heterocycles. The standard InChI is InChI=1S/C9H13N3O5.C4H5N3O/c10-5-1-2-12(9(16)11-5)8-7(15)6(14)4(3-13)17-8;5-3-1-2-6-4(8)7-3/h1-2,4,6-8,13-15H,3H2,(H2,10,11,16);1-2H,(H3,5,6,7,8)/t4-,6?,7-,8?;/m1./s1. The van der Waals surface area contributed by atoms with Gasteiger partial charge < -0.3 is 31.5 Å². The summed E-state index contributed by atoms with van der Waals surface area (Å²) in [5.41, 5.74) is 9.38. The van der Waals surface area contributed by atoms with Crippen LogP contribution < -0.4 is 22.8 Å². The van der Waals surface area contributed by atoms with Crippen LogP contribution in [0.25, 0.3) is 0 Å². The maximum absolute atomic E-state index is 11.5. The van der Waals surface area contributed by atoms with Gasteiger partial charge in [-0.3, -0.25) is 9.55 Å². The van der Waals surface area contributed by atoms with E-state index < -0.39 is 42.5 Å². The molecule has 2 aromatic heterocycles. The molecule has 3 heterocycles. The third-order valence-electron chi connectivity index (χ3n) is 3.34. The molecule has 0 radical (unpaired) electrons. The summed E-state index contributed by atoms with van der Waals surface area (Å²) in [5, 5.41) is 28.2. The van der Waals surface area contributed by atoms with Crippen molar-refractivity contribution in [2.75, 3.05) is 18.1 Å². The van der Waals surface area contributed by atoms with Crippen molar-refractivity contribution < 1.29 is 20.1 Å². The van der Waals surface area contributed by atoms with Gasteiger partial charge in [0.05, 0.1) is 6.61 Å². The summed E-state index contributed by atoms with van der Waals surface area (Å²) >= 11 is 0. The molecule has 0 bridgehead atoms. The molecule has 3 rings (SSSR count). The molecule has 12 nitrogen and oxygen atoms in total. The second kappa shape index (κ2) is 7.85. The van der Waals surface area contributed by atoms with E-state index in [-0.39, 0.29) is 5.82 Å². The van der Waals surface area contributed by atoms with Gasteiger partial charge in [0, 0.05) is 12.4 Å². The first-order valence-electron chi connectivity index (χ1n) is 7.11. The van der Waals surface area contributed by atoms with Crippen molar-refractivity contribution >= 4 is 11.6 Å². The molecule has 2 unspecified atom stereocenters. The first-order chi connectivity index (χ1) is 11.8. The van der Waals surface area contributed by atoms with Crippen LogP contribution in [-0.2, 0) is 4.74 Å². The van der Waals surface area contributed by atoms with Crippen molar-refractivity contribution in [3.05, 3.63) is 45.5 Å². The first kappa shape index (κ1) is 18.5. The van der Waals surface area contributed by atoms with Crippen LogP contribution in [0.3, 0.4) is 0 Å². The third kappa shape index (κ3) is 4.39. The minimum Gasteiger partial charge on any atom is -0.394 e. The van der Waals surface area contributed by atoms with Crippen molar-refractivity contribution in [2.45, 2.75) is 24.5 Å². The zero-order chi connectivity index (χ0) is 18.6. The Morgan fingerprint density at radius 2 is 1.96 bits per heavy atom. The number of aliphatic hydroxyl groups excluding tert-OH is 3. The summed E-state index contributed by atoms with van der Waals surface area (Å²) in [6, 6.07) is 2.89. The molecule has 0 amide bonds. The molecule has 25 heavy (non-hydrogen) atoms. The van der Waals surface area contributed by atoms with E-state index in [1.165, 1.54) is 24.5 Å². The Bertz CT molecular complexity index is 823. The average Bonchev–Trinajstić information content (AvgIpc) is 2.83. The molecule has 12 heteroatoms. The maximum atomic E-state index is 11.5. The Balaban J connectivity index is 0.000000236. The Hall–Kier alpha value is -2.80. The number of hydrogen-bond acceptors (Lipinski definition) is 10. The van der Waals surface area contributed by atoms with Crippen molar-refractivity contribution in [3.8, 4) is 0 Å². The van der Waals surface area contributed by atoms with Gasteiger partial charge >= 0.3 is 11.4 Å². The minimum absolute atomic E-state index is 0.0537. The fraction of sp³-hybridized carbons (Fsp3) is 0.385. The van der Waals surface area contributed by atoms with Gasteiger partial charge in [-0.1, -0.05) is 0 Å². The molecule has 1 aliphatic heterocycles. The highest BCUT2D eigenvalue weighted by molar-refractivity contribution is 5.23. The molecule has 2 aromatic rings. The molecule has 1 aliphatic rings. The number of H-pyrrole nitrogens is 1. The Morgan fingerprint density at radius 1 is 1.24 bits per heavy atom. The van der Waals surface area contributed by atoms with E-state index in [1.54, 1.807) is 0 Å². The molecule has 4 atom stereocenters. The van der Waals surface area contributed by atoms with Gasteiger partial charge in [0.1, 0.15) is 29.9 Å². The predicted octanol–water partition coefficient (Wildman–Crippen LogP) is -3.21. The van der Waals surface area contributed by atoms with Gasteiger partial charge in [-0.25, -0.2) is 14.6 Å². The average molecular weight is 354 g/mol. The Morgan fingerprint density at radius 3 is 2.44 bits per heavy atom. The van der Waals surface area contributed by atoms with Gasteiger partial charge in [0.25, 0.3) is 0 Å². The molecule has 0 spiro atoms. The van der Waals surface area contributed by atoms with Crippen LogP contribution in [0.15, 0.2) is 34.1 Å². The molecule has 0 saturated carbocycles. The number of aromatic amines is 1. The van der Waals surface area contributed by atoms with Crippen molar-refractivity contribution in [1.29, 1.82) is 0 Å². The topological polar surface area (TPSA) is 203 Å². The SMILES string of the molecule is Nc1ccn(C2O[C@H](CO)C(O)[C@H]2O)c(=O)n1.Nc1ccnc(=O)[nH]1. The summed E-state index contributed by atoms with van der Waals surface area (Å²) in [7, 11) is 0. The van der Waals surface area contributed by atoms with E-state index >= 15 is 0 Å². The van der Waals surface area contributed by atoms with Gasteiger partial charge in [-0.15, -0.1) is 0 Å². The molecule has 8 N–H and O–H groups in total. The maximum Gasteiger partial charge on any atom is 0.351 e. The van der Waals surface area contributed by atoms with Crippen LogP contribution in [0.5, 0.6) is 0 Å². The fourth-order valence-corrected chi connectivity index (χ4v) is 2.11. The summed E-state index contributed by atoms with van der Waals surface area (Å²) in [4.78, 5) is 30.9. The van der Waals surface area contributed by atoms with Gasteiger partial charge in [-0.05, 0) is 12.1 Å². The van der Waals surface area contributed by atoms with Crippen LogP contribution in [-0.4, -0.2) is 59.8 Å². The highest BCUT2D eigenvalue weighted by Gasteiger charge is 2.43. The van der Waals surface area contributed by atoms with E-state index in [9.17, 15) is 19.8 Å². The number of rotatable bonds is 2. The lowest BCUT2D eigenvalue weighted by Gasteiger charge is -2.16. The number of hydrogen-bond donors (Lipinski definition) is 6. The van der Waals surface area contributed by atoms with Crippen LogP contribution in [0, 0.1) is 0 Å². The van der Waals surface area contributed by atoms with Gasteiger partial charge in [-0.2, -0.15) is 4.98 Å². The molecule has 0 aliphatic carbocycles.